The van der Waals surface area contributed by atoms with E-state index in [1.54, 1.807) is 43.5 Å². The third-order valence-electron chi connectivity index (χ3n) is 8.61. The number of hydrogen-bond donors (Lipinski definition) is 1. The predicted molar refractivity (Wildman–Crippen MR) is 153 cm³/mol. The maximum absolute atomic E-state index is 13.0. The summed E-state index contributed by atoms with van der Waals surface area (Å²) in [6, 6.07) is 22.4. The van der Waals surface area contributed by atoms with Crippen molar-refractivity contribution in [2.75, 3.05) is 31.7 Å². The van der Waals surface area contributed by atoms with Gasteiger partial charge in [0.25, 0.3) is 11.8 Å². The zero-order valence-electron chi connectivity index (χ0n) is 23.4. The number of carbonyl (C=O) groups excluding carboxylic acids is 2. The number of anilines is 1. The van der Waals surface area contributed by atoms with E-state index in [9.17, 15) is 14.7 Å². The van der Waals surface area contributed by atoms with Gasteiger partial charge in [-0.05, 0) is 54.8 Å². The molecule has 8 heteroatoms. The van der Waals surface area contributed by atoms with Crippen LogP contribution in [0.25, 0.3) is 0 Å². The molecule has 0 spiro atoms. The Morgan fingerprint density at radius 1 is 0.902 bits per heavy atom. The number of carbonyl (C=O) groups is 2. The highest BCUT2D eigenvalue weighted by Crippen LogP contribution is 2.42. The number of benzene rings is 3. The van der Waals surface area contributed by atoms with Gasteiger partial charge in [0.1, 0.15) is 0 Å². The molecule has 2 amide bonds. The fourth-order valence-corrected chi connectivity index (χ4v) is 6.28. The Labute approximate surface area is 240 Å². The minimum Gasteiger partial charge on any atom is -0.392 e. The van der Waals surface area contributed by atoms with Crippen molar-refractivity contribution in [3.8, 4) is 0 Å². The molecule has 0 saturated carbocycles. The number of methoxy groups -OCH3 is 1. The lowest BCUT2D eigenvalue weighted by atomic mass is 9.90. The second kappa shape index (κ2) is 11.8. The molecule has 2 saturated heterocycles. The average molecular weight is 557 g/mol. The lowest BCUT2D eigenvalue weighted by molar-refractivity contribution is -0.276. The molecule has 3 aromatic rings. The van der Waals surface area contributed by atoms with Crippen molar-refractivity contribution >= 4 is 17.5 Å². The quantitative estimate of drug-likeness (QED) is 0.396. The van der Waals surface area contributed by atoms with Gasteiger partial charge in [0.15, 0.2) is 6.29 Å². The molecular formula is C33H36N2O6. The predicted octanol–water partition coefficient (Wildman–Crippen LogP) is 4.88. The van der Waals surface area contributed by atoms with Crippen LogP contribution in [-0.2, 0) is 20.8 Å². The Morgan fingerprint density at radius 2 is 1.56 bits per heavy atom. The molecule has 3 heterocycles. The van der Waals surface area contributed by atoms with Crippen LogP contribution in [0.2, 0.25) is 0 Å². The van der Waals surface area contributed by atoms with Gasteiger partial charge in [0.2, 0.25) is 0 Å². The summed E-state index contributed by atoms with van der Waals surface area (Å²) >= 11 is 0. The summed E-state index contributed by atoms with van der Waals surface area (Å²) in [6.07, 6.45) is 1.31. The number of amides is 2. The number of imide groups is 1. The summed E-state index contributed by atoms with van der Waals surface area (Å²) in [5, 5.41) is 9.52. The highest BCUT2D eigenvalue weighted by Gasteiger charge is 2.41. The third-order valence-corrected chi connectivity index (χ3v) is 8.61. The average Bonchev–Trinajstić information content (AvgIpc) is 3.55. The maximum atomic E-state index is 13.0. The lowest BCUT2D eigenvalue weighted by Gasteiger charge is -2.43. The van der Waals surface area contributed by atoms with Crippen LogP contribution in [0, 0.1) is 5.92 Å². The fraction of sp³-hybridized carbons (Fsp3) is 0.394. The SMILES string of the molecule is COC[C@@H]1CCCN1C[C@@H]1O[C@H](c2ccc(N3C(=O)c4ccccc4C3=O)cc2)O[C@H](c2ccc(CO)cc2)[C@@H]1C. The molecule has 3 aromatic carbocycles. The second-order valence-electron chi connectivity index (χ2n) is 11.2. The van der Waals surface area contributed by atoms with Crippen molar-refractivity contribution in [3.05, 3.63) is 101 Å². The topological polar surface area (TPSA) is 88.5 Å². The van der Waals surface area contributed by atoms with Crippen LogP contribution in [0.4, 0.5) is 5.69 Å². The van der Waals surface area contributed by atoms with Crippen LogP contribution >= 0.6 is 0 Å². The number of likely N-dealkylation sites (tertiary alicyclic amines) is 1. The molecule has 5 atom stereocenters. The number of hydrogen-bond acceptors (Lipinski definition) is 7. The van der Waals surface area contributed by atoms with E-state index in [4.69, 9.17) is 14.2 Å². The molecule has 0 bridgehead atoms. The van der Waals surface area contributed by atoms with Crippen LogP contribution in [0.3, 0.4) is 0 Å². The van der Waals surface area contributed by atoms with E-state index >= 15 is 0 Å². The summed E-state index contributed by atoms with van der Waals surface area (Å²) in [5.41, 5.74) is 4.04. The Hall–Kier alpha value is -3.40. The van der Waals surface area contributed by atoms with Crippen molar-refractivity contribution in [2.24, 2.45) is 5.92 Å². The maximum Gasteiger partial charge on any atom is 0.266 e. The summed E-state index contributed by atoms with van der Waals surface area (Å²) in [5.74, 6) is -0.562. The number of nitrogens with zero attached hydrogens (tertiary/aromatic N) is 2. The van der Waals surface area contributed by atoms with E-state index in [-0.39, 0.29) is 36.5 Å². The Balaban J connectivity index is 1.26. The smallest absolute Gasteiger partial charge is 0.266 e. The van der Waals surface area contributed by atoms with E-state index in [1.165, 1.54) is 4.90 Å². The van der Waals surface area contributed by atoms with Crippen molar-refractivity contribution in [1.82, 2.24) is 4.90 Å². The van der Waals surface area contributed by atoms with Gasteiger partial charge in [-0.3, -0.25) is 14.5 Å². The molecule has 41 heavy (non-hydrogen) atoms. The normalized spacial score (nSPS) is 26.5. The molecule has 0 aromatic heterocycles. The minimum atomic E-state index is -0.626. The van der Waals surface area contributed by atoms with Crippen molar-refractivity contribution in [1.29, 1.82) is 0 Å². The highest BCUT2D eigenvalue weighted by atomic mass is 16.7. The molecule has 8 nitrogen and oxygen atoms in total. The second-order valence-corrected chi connectivity index (χ2v) is 11.2. The molecule has 2 fully saturated rings. The van der Waals surface area contributed by atoms with E-state index in [0.717, 1.165) is 42.6 Å². The van der Waals surface area contributed by atoms with Gasteiger partial charge in [0.05, 0.1) is 42.2 Å². The first-order valence-electron chi connectivity index (χ1n) is 14.3. The molecule has 6 rings (SSSR count). The van der Waals surface area contributed by atoms with E-state index in [1.807, 2.05) is 36.4 Å². The first-order chi connectivity index (χ1) is 20.0. The Kier molecular flexibility index (Phi) is 8.01. The number of aliphatic hydroxyl groups is 1. The molecule has 3 aliphatic rings. The summed E-state index contributed by atoms with van der Waals surface area (Å²) in [6.45, 7) is 4.64. The van der Waals surface area contributed by atoms with Crippen LogP contribution in [-0.4, -0.2) is 60.8 Å². The van der Waals surface area contributed by atoms with Crippen LogP contribution in [0.5, 0.6) is 0 Å². The number of aliphatic hydroxyl groups excluding tert-OH is 1. The Morgan fingerprint density at radius 3 is 2.20 bits per heavy atom. The number of rotatable bonds is 8. The van der Waals surface area contributed by atoms with E-state index in [0.29, 0.717) is 29.5 Å². The van der Waals surface area contributed by atoms with Crippen LogP contribution in [0.1, 0.15) is 69.6 Å². The first-order valence-corrected chi connectivity index (χ1v) is 14.3. The summed E-state index contributed by atoms with van der Waals surface area (Å²) in [4.78, 5) is 29.6. The van der Waals surface area contributed by atoms with Gasteiger partial charge in [-0.2, -0.15) is 0 Å². The van der Waals surface area contributed by atoms with Gasteiger partial charge >= 0.3 is 0 Å². The van der Waals surface area contributed by atoms with Crippen molar-refractivity contribution in [3.63, 3.8) is 0 Å². The zero-order valence-corrected chi connectivity index (χ0v) is 23.4. The van der Waals surface area contributed by atoms with E-state index in [2.05, 4.69) is 11.8 Å². The third kappa shape index (κ3) is 5.34. The van der Waals surface area contributed by atoms with Crippen LogP contribution < -0.4 is 4.90 Å². The molecular weight excluding hydrogens is 520 g/mol. The summed E-state index contributed by atoms with van der Waals surface area (Å²) in [7, 11) is 1.75. The first kappa shape index (κ1) is 27.8. The number of fused-ring (bicyclic) bond motifs is 1. The molecule has 0 unspecified atom stereocenters. The van der Waals surface area contributed by atoms with Gasteiger partial charge in [-0.15, -0.1) is 0 Å². The standard InChI is InChI=1S/C33H36N2O6/c1-21-29(18-34-17-5-6-26(34)20-39-2)40-33(41-30(21)23-11-9-22(19-36)10-12-23)24-13-15-25(16-14-24)35-31(37)27-7-3-4-8-28(27)32(35)38/h3-4,7-16,21,26,29-30,33,36H,5-6,17-20H2,1-2H3/t21-,26+,29+,30+,33+/m1/s1. The van der Waals surface area contributed by atoms with Crippen molar-refractivity contribution in [2.45, 2.75) is 50.9 Å². The van der Waals surface area contributed by atoms with Crippen LogP contribution in [0.15, 0.2) is 72.8 Å². The van der Waals surface area contributed by atoms with E-state index < -0.39 is 6.29 Å². The fourth-order valence-electron chi connectivity index (χ4n) is 6.28. The van der Waals surface area contributed by atoms with Gasteiger partial charge in [-0.1, -0.05) is 55.5 Å². The molecule has 0 radical (unpaired) electrons. The molecule has 3 aliphatic heterocycles. The van der Waals surface area contributed by atoms with Gasteiger partial charge < -0.3 is 19.3 Å². The summed E-state index contributed by atoms with van der Waals surface area (Å²) < 4.78 is 18.7. The monoisotopic (exact) mass is 556 g/mol. The van der Waals surface area contributed by atoms with Gasteiger partial charge in [-0.25, -0.2) is 4.90 Å². The highest BCUT2D eigenvalue weighted by molar-refractivity contribution is 6.34. The largest absolute Gasteiger partial charge is 0.392 e. The minimum absolute atomic E-state index is 0.00891. The van der Waals surface area contributed by atoms with Gasteiger partial charge in [0, 0.05) is 31.2 Å². The molecule has 214 valence electrons. The lowest BCUT2D eigenvalue weighted by Crippen LogP contribution is -2.46. The Bertz CT molecular complexity index is 1360. The van der Waals surface area contributed by atoms with Crippen molar-refractivity contribution < 1.29 is 28.9 Å². The zero-order chi connectivity index (χ0) is 28.5. The number of ether oxygens (including phenoxy) is 3. The molecule has 1 N–H and O–H groups in total. The molecule has 0 aliphatic carbocycles.